The molecule has 0 fully saturated rings. The van der Waals surface area contributed by atoms with Crippen LogP contribution in [0.1, 0.15) is 43.0 Å². The van der Waals surface area contributed by atoms with E-state index < -0.39 is 16.1 Å². The highest BCUT2D eigenvalue weighted by Crippen LogP contribution is 2.29. The van der Waals surface area contributed by atoms with Crippen molar-refractivity contribution in [3.63, 3.8) is 0 Å². The number of nitrogens with zero attached hydrogens (tertiary/aromatic N) is 2. The third-order valence-corrected chi connectivity index (χ3v) is 7.43. The van der Waals surface area contributed by atoms with Crippen molar-refractivity contribution in [1.29, 1.82) is 0 Å². The number of amides is 1. The minimum Gasteiger partial charge on any atom is -0.367 e. The van der Waals surface area contributed by atoms with Crippen LogP contribution < -0.4 is 0 Å². The smallest absolute Gasteiger partial charge is 0.225 e. The average Bonchev–Trinajstić information content (AvgIpc) is 3.17. The second-order valence-corrected chi connectivity index (χ2v) is 10.4. The Labute approximate surface area is 181 Å². The van der Waals surface area contributed by atoms with Crippen LogP contribution in [0, 0.1) is 0 Å². The molecule has 0 aliphatic rings. The number of unbranched alkanes of at least 4 members (excludes halogenated alkanes) is 1. The molecule has 0 spiro atoms. The maximum absolute atomic E-state index is 12.9. The molecule has 30 heavy (non-hydrogen) atoms. The molecule has 0 saturated carbocycles. The summed E-state index contributed by atoms with van der Waals surface area (Å²) in [5.41, 5.74) is 1.46. The molecule has 1 heterocycles. The first-order chi connectivity index (χ1) is 14.4. The largest absolute Gasteiger partial charge is 0.367 e. The van der Waals surface area contributed by atoms with Gasteiger partial charge < -0.3 is 10.0 Å². The molecule has 6 nitrogen and oxygen atoms in total. The van der Waals surface area contributed by atoms with Crippen molar-refractivity contribution in [3.8, 4) is 0 Å². The number of sulfone groups is 1. The predicted molar refractivity (Wildman–Crippen MR) is 120 cm³/mol. The summed E-state index contributed by atoms with van der Waals surface area (Å²) in [4.78, 5) is 18.6. The van der Waals surface area contributed by atoms with Gasteiger partial charge in [0.1, 0.15) is 5.01 Å². The minimum atomic E-state index is -3.44. The highest BCUT2D eigenvalue weighted by Gasteiger charge is 2.26. The number of benzene rings is 2. The van der Waals surface area contributed by atoms with Gasteiger partial charge in [0.2, 0.25) is 5.91 Å². The number of aliphatic hydroxyl groups is 1. The number of thiazole rings is 1. The minimum absolute atomic E-state index is 0.101. The Morgan fingerprint density at radius 1 is 1.13 bits per heavy atom. The van der Waals surface area contributed by atoms with Crippen LogP contribution in [0.5, 0.6) is 0 Å². The molecule has 0 radical (unpaired) electrons. The molecule has 1 unspecified atom stereocenters. The van der Waals surface area contributed by atoms with Crippen LogP contribution >= 0.6 is 11.3 Å². The van der Waals surface area contributed by atoms with E-state index in [0.29, 0.717) is 23.5 Å². The number of fused-ring (bicyclic) bond motifs is 1. The van der Waals surface area contributed by atoms with Crippen molar-refractivity contribution in [3.05, 3.63) is 65.2 Å². The molecule has 0 saturated heterocycles. The third kappa shape index (κ3) is 5.87. The molecule has 3 rings (SSSR count). The summed E-state index contributed by atoms with van der Waals surface area (Å²) in [6.07, 6.45) is 0.215. The van der Waals surface area contributed by atoms with Crippen LogP contribution in [0.4, 0.5) is 0 Å². The quantitative estimate of drug-likeness (QED) is 0.477. The van der Waals surface area contributed by atoms with E-state index in [1.165, 1.54) is 16.2 Å². The molecule has 2 aromatic carbocycles. The summed E-state index contributed by atoms with van der Waals surface area (Å²) < 4.78 is 25.8. The topological polar surface area (TPSA) is 87.6 Å². The molecule has 1 N–H and O–H groups in total. The van der Waals surface area contributed by atoms with Gasteiger partial charge in [-0.05, 0) is 24.1 Å². The van der Waals surface area contributed by atoms with E-state index >= 15 is 0 Å². The van der Waals surface area contributed by atoms with Gasteiger partial charge in [0, 0.05) is 13.0 Å². The van der Waals surface area contributed by atoms with Crippen molar-refractivity contribution in [1.82, 2.24) is 9.88 Å². The van der Waals surface area contributed by atoms with Crippen molar-refractivity contribution < 1.29 is 18.3 Å². The number of hydrogen-bond acceptors (Lipinski definition) is 6. The van der Waals surface area contributed by atoms with Crippen molar-refractivity contribution in [2.24, 2.45) is 0 Å². The first-order valence-electron chi connectivity index (χ1n) is 9.97. The molecule has 1 atom stereocenters. The number of hydrogen-bond donors (Lipinski definition) is 1. The zero-order valence-electron chi connectivity index (χ0n) is 16.9. The summed E-state index contributed by atoms with van der Waals surface area (Å²) >= 11 is 1.34. The molecule has 0 aliphatic heterocycles. The Morgan fingerprint density at radius 3 is 2.53 bits per heavy atom. The van der Waals surface area contributed by atoms with Gasteiger partial charge in [-0.1, -0.05) is 55.8 Å². The fourth-order valence-corrected chi connectivity index (χ4v) is 5.43. The molecule has 0 aliphatic carbocycles. The van der Waals surface area contributed by atoms with Crippen LogP contribution in [-0.2, 0) is 20.4 Å². The normalized spacial score (nSPS) is 12.7. The first-order valence-corrected chi connectivity index (χ1v) is 12.6. The Hall–Kier alpha value is -2.29. The molecule has 0 bridgehead atoms. The number of aliphatic hydroxyl groups excluding tert-OH is 1. The van der Waals surface area contributed by atoms with Crippen LogP contribution in [-0.4, -0.2) is 41.6 Å². The highest BCUT2D eigenvalue weighted by atomic mass is 32.2. The number of aromatic nitrogens is 1. The van der Waals surface area contributed by atoms with E-state index in [4.69, 9.17) is 0 Å². The fraction of sp³-hybridized carbons (Fsp3) is 0.364. The van der Waals surface area contributed by atoms with Crippen molar-refractivity contribution >= 4 is 37.3 Å². The van der Waals surface area contributed by atoms with E-state index in [0.717, 1.165) is 16.6 Å². The molecule has 1 aromatic heterocycles. The molecule has 1 amide bonds. The predicted octanol–water partition coefficient (Wildman–Crippen LogP) is 3.92. The van der Waals surface area contributed by atoms with Gasteiger partial charge in [-0.3, -0.25) is 4.79 Å². The van der Waals surface area contributed by atoms with E-state index in [2.05, 4.69) is 4.98 Å². The van der Waals surface area contributed by atoms with Gasteiger partial charge in [0.05, 0.1) is 21.7 Å². The molecule has 160 valence electrons. The summed E-state index contributed by atoms with van der Waals surface area (Å²) in [6.45, 7) is 2.35. The molecular weight excluding hydrogens is 420 g/mol. The molecular formula is C22H26N2O4S2. The maximum Gasteiger partial charge on any atom is 0.225 e. The summed E-state index contributed by atoms with van der Waals surface area (Å²) in [5, 5.41) is 11.3. The van der Waals surface area contributed by atoms with Crippen LogP contribution in [0.2, 0.25) is 0 Å². The summed E-state index contributed by atoms with van der Waals surface area (Å²) in [6, 6.07) is 16.5. The number of para-hydroxylation sites is 1. The van der Waals surface area contributed by atoms with Gasteiger partial charge in [0.25, 0.3) is 0 Å². The first kappa shape index (κ1) is 22.4. The lowest BCUT2D eigenvalue weighted by Gasteiger charge is -2.26. The number of rotatable bonds is 10. The molecule has 3 aromatic rings. The lowest BCUT2D eigenvalue weighted by atomic mass is 10.2. The van der Waals surface area contributed by atoms with Gasteiger partial charge in [-0.15, -0.1) is 11.3 Å². The van der Waals surface area contributed by atoms with Crippen molar-refractivity contribution in [2.75, 3.05) is 12.3 Å². The standard InChI is InChI=1S/C22H26N2O4S2/c1-2-3-14-24(22(26)21-23-18-11-7-8-12-19(18)29-21)20(25)13-15-30(27,28)16-17-9-5-4-6-10-17/h4-12,22,26H,2-3,13-16H2,1H3. The SMILES string of the molecule is CCCCN(C(=O)CCS(=O)(=O)Cc1ccccc1)C(O)c1nc2ccccc2s1. The Balaban J connectivity index is 1.70. The Bertz CT molecular complexity index is 1050. The third-order valence-electron chi connectivity index (χ3n) is 4.76. The van der Waals surface area contributed by atoms with Crippen molar-refractivity contribution in [2.45, 2.75) is 38.2 Å². The van der Waals surface area contributed by atoms with E-state index in [-0.39, 0.29) is 23.8 Å². The van der Waals surface area contributed by atoms with E-state index in [1.54, 1.807) is 24.3 Å². The Morgan fingerprint density at radius 2 is 1.83 bits per heavy atom. The second kappa shape index (κ2) is 10.1. The lowest BCUT2D eigenvalue weighted by molar-refractivity contribution is -0.141. The number of carbonyl (C=O) groups is 1. The fourth-order valence-electron chi connectivity index (χ4n) is 3.13. The van der Waals surface area contributed by atoms with Crippen LogP contribution in [0.25, 0.3) is 10.2 Å². The second-order valence-electron chi connectivity index (χ2n) is 7.16. The lowest BCUT2D eigenvalue weighted by Crippen LogP contribution is -2.36. The zero-order chi connectivity index (χ0) is 21.6. The van der Waals surface area contributed by atoms with Gasteiger partial charge >= 0.3 is 0 Å². The van der Waals surface area contributed by atoms with Gasteiger partial charge in [-0.25, -0.2) is 13.4 Å². The molecule has 8 heteroatoms. The summed E-state index contributed by atoms with van der Waals surface area (Å²) in [7, 11) is -3.44. The Kier molecular flexibility index (Phi) is 7.58. The number of carbonyl (C=O) groups excluding carboxylic acids is 1. The monoisotopic (exact) mass is 446 g/mol. The van der Waals surface area contributed by atoms with Crippen LogP contribution in [0.15, 0.2) is 54.6 Å². The average molecular weight is 447 g/mol. The maximum atomic E-state index is 12.9. The van der Waals surface area contributed by atoms with Gasteiger partial charge in [0.15, 0.2) is 16.1 Å². The van der Waals surface area contributed by atoms with E-state index in [9.17, 15) is 18.3 Å². The van der Waals surface area contributed by atoms with Crippen LogP contribution in [0.3, 0.4) is 0 Å². The van der Waals surface area contributed by atoms with Gasteiger partial charge in [-0.2, -0.15) is 0 Å². The summed E-state index contributed by atoms with van der Waals surface area (Å²) in [5.74, 6) is -0.737. The zero-order valence-corrected chi connectivity index (χ0v) is 18.5. The van der Waals surface area contributed by atoms with E-state index in [1.807, 2.05) is 37.3 Å². The highest BCUT2D eigenvalue weighted by molar-refractivity contribution is 7.90.